The number of alkyl halides is 3. The summed E-state index contributed by atoms with van der Waals surface area (Å²) in [6.07, 6.45) is -2.51. The largest absolute Gasteiger partial charge is 0.416 e. The highest BCUT2D eigenvalue weighted by Gasteiger charge is 2.31. The van der Waals surface area contributed by atoms with Crippen LogP contribution in [0.15, 0.2) is 24.3 Å². The first-order chi connectivity index (χ1) is 12.9. The van der Waals surface area contributed by atoms with Gasteiger partial charge in [-0.3, -0.25) is 9.69 Å². The predicted octanol–water partition coefficient (Wildman–Crippen LogP) is 3.04. The summed E-state index contributed by atoms with van der Waals surface area (Å²) in [5.41, 5.74) is 0.108. The molecule has 10 heteroatoms. The molecule has 1 amide bonds. The number of ether oxygens (including phenoxy) is 1. The average molecular weight is 458 g/mol. The molecule has 166 valence electrons. The minimum Gasteiger partial charge on any atom is -0.379 e. The van der Waals surface area contributed by atoms with Crippen molar-refractivity contribution in [2.24, 2.45) is 5.92 Å². The molecule has 2 fully saturated rings. The molecule has 2 aliphatic heterocycles. The number of nitrogens with one attached hydrogen (secondary N) is 2. The molecule has 0 aliphatic carbocycles. The second-order valence-corrected chi connectivity index (χ2v) is 7.07. The summed E-state index contributed by atoms with van der Waals surface area (Å²) in [4.78, 5) is 14.6. The van der Waals surface area contributed by atoms with Gasteiger partial charge in [0.25, 0.3) is 0 Å². The molecule has 0 spiro atoms. The van der Waals surface area contributed by atoms with E-state index in [9.17, 15) is 18.0 Å². The number of morpholine rings is 1. The fourth-order valence-corrected chi connectivity index (χ4v) is 3.66. The van der Waals surface area contributed by atoms with Crippen LogP contribution in [0.4, 0.5) is 13.2 Å². The number of rotatable bonds is 5. The van der Waals surface area contributed by atoms with Gasteiger partial charge in [-0.25, -0.2) is 0 Å². The van der Waals surface area contributed by atoms with Gasteiger partial charge in [-0.1, -0.05) is 12.1 Å². The molecule has 0 saturated carbocycles. The summed E-state index contributed by atoms with van der Waals surface area (Å²) in [5, 5.41) is 6.23. The zero-order valence-electron chi connectivity index (χ0n) is 16.0. The van der Waals surface area contributed by atoms with Crippen molar-refractivity contribution in [3.05, 3.63) is 35.4 Å². The molecule has 5 nitrogen and oxygen atoms in total. The highest BCUT2D eigenvalue weighted by atomic mass is 35.5. The van der Waals surface area contributed by atoms with Crippen LogP contribution in [0.1, 0.15) is 30.0 Å². The van der Waals surface area contributed by atoms with Crippen LogP contribution in [0.3, 0.4) is 0 Å². The van der Waals surface area contributed by atoms with E-state index in [1.165, 1.54) is 12.1 Å². The van der Waals surface area contributed by atoms with Crippen LogP contribution < -0.4 is 10.6 Å². The maximum absolute atomic E-state index is 12.8. The quantitative estimate of drug-likeness (QED) is 0.713. The van der Waals surface area contributed by atoms with E-state index in [2.05, 4.69) is 15.5 Å². The summed E-state index contributed by atoms with van der Waals surface area (Å²) >= 11 is 0. The molecule has 3 rings (SSSR count). The normalized spacial score (nSPS) is 21.4. The molecule has 0 aromatic heterocycles. The van der Waals surface area contributed by atoms with Crippen LogP contribution in [0, 0.1) is 5.92 Å². The van der Waals surface area contributed by atoms with E-state index in [-0.39, 0.29) is 42.7 Å². The highest BCUT2D eigenvalue weighted by Crippen LogP contribution is 2.31. The van der Waals surface area contributed by atoms with Crippen molar-refractivity contribution >= 4 is 30.7 Å². The van der Waals surface area contributed by atoms with Crippen LogP contribution in [-0.4, -0.2) is 56.7 Å². The fourth-order valence-electron chi connectivity index (χ4n) is 3.66. The van der Waals surface area contributed by atoms with Crippen LogP contribution in [0.5, 0.6) is 0 Å². The van der Waals surface area contributed by atoms with Gasteiger partial charge in [0.05, 0.1) is 30.7 Å². The van der Waals surface area contributed by atoms with Crippen molar-refractivity contribution in [3.63, 3.8) is 0 Å². The molecule has 1 aromatic carbocycles. The van der Waals surface area contributed by atoms with Crippen molar-refractivity contribution in [1.29, 1.82) is 0 Å². The lowest BCUT2D eigenvalue weighted by molar-refractivity contribution is -0.137. The third-order valence-corrected chi connectivity index (χ3v) is 5.25. The van der Waals surface area contributed by atoms with Crippen LogP contribution in [0.25, 0.3) is 0 Å². The number of carbonyl (C=O) groups is 1. The Kier molecular flexibility index (Phi) is 10.7. The number of benzene rings is 1. The second-order valence-electron chi connectivity index (χ2n) is 7.07. The standard InChI is InChI=1S/C19H26F3N3O2.2ClH/c20-19(21,22)16-5-3-14(4-6-16)17(25-8-10-27-11-9-25)13-24-18(26)15-2-1-7-23-12-15;;/h3-6,15,17,23H,1-2,7-13H2,(H,24,26);2*1H. The number of hydrogen-bond acceptors (Lipinski definition) is 4. The SMILES string of the molecule is Cl.Cl.O=C(NCC(c1ccc(C(F)(F)F)cc1)N1CCOCC1)C1CCCNC1. The van der Waals surface area contributed by atoms with E-state index in [1.807, 2.05) is 0 Å². The number of amides is 1. The van der Waals surface area contributed by atoms with Crippen molar-refractivity contribution in [1.82, 2.24) is 15.5 Å². The zero-order valence-corrected chi connectivity index (χ0v) is 17.7. The van der Waals surface area contributed by atoms with Gasteiger partial charge < -0.3 is 15.4 Å². The van der Waals surface area contributed by atoms with Gasteiger partial charge >= 0.3 is 6.18 Å². The average Bonchev–Trinajstić information content (AvgIpc) is 2.69. The fraction of sp³-hybridized carbons (Fsp3) is 0.632. The molecule has 1 aromatic rings. The summed E-state index contributed by atoms with van der Waals surface area (Å²) in [7, 11) is 0. The third kappa shape index (κ3) is 7.29. The summed E-state index contributed by atoms with van der Waals surface area (Å²) in [6, 6.07) is 5.07. The molecule has 2 unspecified atom stereocenters. The van der Waals surface area contributed by atoms with E-state index >= 15 is 0 Å². The Hall–Kier alpha value is -1.06. The van der Waals surface area contributed by atoms with E-state index in [1.54, 1.807) is 0 Å². The first-order valence-electron chi connectivity index (χ1n) is 9.42. The van der Waals surface area contributed by atoms with E-state index in [0.29, 0.717) is 39.4 Å². The first kappa shape index (κ1) is 26.0. The molecule has 2 aliphatic rings. The summed E-state index contributed by atoms with van der Waals surface area (Å²) in [5.74, 6) is -0.0379. The van der Waals surface area contributed by atoms with Crippen molar-refractivity contribution in [2.75, 3.05) is 45.9 Å². The van der Waals surface area contributed by atoms with Crippen molar-refractivity contribution in [2.45, 2.75) is 25.1 Å². The maximum atomic E-state index is 12.8. The Labute approximate surface area is 181 Å². The molecule has 2 heterocycles. The van der Waals surface area contributed by atoms with Crippen LogP contribution in [-0.2, 0) is 15.7 Å². The maximum Gasteiger partial charge on any atom is 0.416 e. The van der Waals surface area contributed by atoms with Crippen LogP contribution >= 0.6 is 24.8 Å². The van der Waals surface area contributed by atoms with Crippen molar-refractivity contribution in [3.8, 4) is 0 Å². The minimum atomic E-state index is -4.35. The van der Waals surface area contributed by atoms with E-state index in [4.69, 9.17) is 4.74 Å². The molecule has 0 radical (unpaired) electrons. The molecule has 2 atom stereocenters. The van der Waals surface area contributed by atoms with E-state index < -0.39 is 11.7 Å². The van der Waals surface area contributed by atoms with Crippen molar-refractivity contribution < 1.29 is 22.7 Å². The monoisotopic (exact) mass is 457 g/mol. The Morgan fingerprint density at radius 3 is 2.41 bits per heavy atom. The molecule has 2 saturated heterocycles. The number of hydrogen-bond donors (Lipinski definition) is 2. The van der Waals surface area contributed by atoms with Gasteiger partial charge in [0.2, 0.25) is 5.91 Å². The summed E-state index contributed by atoms with van der Waals surface area (Å²) in [6.45, 7) is 4.52. The van der Waals surface area contributed by atoms with Crippen LogP contribution in [0.2, 0.25) is 0 Å². The first-order valence-corrected chi connectivity index (χ1v) is 9.42. The second kappa shape index (κ2) is 12.0. The Morgan fingerprint density at radius 1 is 1.21 bits per heavy atom. The molecular weight excluding hydrogens is 430 g/mol. The lowest BCUT2D eigenvalue weighted by atomic mass is 9.98. The smallest absolute Gasteiger partial charge is 0.379 e. The molecule has 2 N–H and O–H groups in total. The van der Waals surface area contributed by atoms with Gasteiger partial charge in [0.1, 0.15) is 0 Å². The van der Waals surface area contributed by atoms with Gasteiger partial charge in [0.15, 0.2) is 0 Å². The third-order valence-electron chi connectivity index (χ3n) is 5.25. The number of piperidine rings is 1. The van der Waals surface area contributed by atoms with Gasteiger partial charge in [-0.05, 0) is 37.1 Å². The van der Waals surface area contributed by atoms with Gasteiger partial charge in [0, 0.05) is 26.2 Å². The lowest BCUT2D eigenvalue weighted by Crippen LogP contribution is -2.46. The Balaban J connectivity index is 0.00000210. The van der Waals surface area contributed by atoms with Gasteiger partial charge in [-0.15, -0.1) is 24.8 Å². The predicted molar refractivity (Wildman–Crippen MR) is 110 cm³/mol. The molecular formula is C19H28Cl2F3N3O2. The number of halogens is 5. The molecule has 29 heavy (non-hydrogen) atoms. The highest BCUT2D eigenvalue weighted by molar-refractivity contribution is 5.85. The Morgan fingerprint density at radius 2 is 1.86 bits per heavy atom. The number of carbonyl (C=O) groups excluding carboxylic acids is 1. The number of nitrogens with zero attached hydrogens (tertiary/aromatic N) is 1. The minimum absolute atomic E-state index is 0. The lowest BCUT2D eigenvalue weighted by Gasteiger charge is -2.35. The summed E-state index contributed by atoms with van der Waals surface area (Å²) < 4.78 is 43.9. The topological polar surface area (TPSA) is 53.6 Å². The van der Waals surface area contributed by atoms with Gasteiger partial charge in [-0.2, -0.15) is 13.2 Å². The van der Waals surface area contributed by atoms with E-state index in [0.717, 1.165) is 37.1 Å². The molecule has 0 bridgehead atoms. The Bertz CT molecular complexity index is 620. The zero-order chi connectivity index (χ0) is 19.3.